The normalized spacial score (nSPS) is 15.1. The summed E-state index contributed by atoms with van der Waals surface area (Å²) in [5, 5.41) is 6.39. The van der Waals surface area contributed by atoms with Crippen LogP contribution in [-0.4, -0.2) is 27.5 Å². The summed E-state index contributed by atoms with van der Waals surface area (Å²) in [6.45, 7) is 12.9. The minimum Gasteiger partial charge on any atom is -0.351 e. The van der Waals surface area contributed by atoms with Gasteiger partial charge >= 0.3 is 0 Å². The van der Waals surface area contributed by atoms with Gasteiger partial charge in [-0.2, -0.15) is 0 Å². The molecule has 5 heteroatoms. The van der Waals surface area contributed by atoms with Gasteiger partial charge in [0.1, 0.15) is 5.82 Å². The second-order valence-electron chi connectivity index (χ2n) is 7.14. The van der Waals surface area contributed by atoms with Crippen molar-refractivity contribution in [2.45, 2.75) is 72.0 Å². The van der Waals surface area contributed by atoms with Crippen molar-refractivity contribution in [3.05, 3.63) is 17.2 Å². The smallest absolute Gasteiger partial charge is 0.222 e. The van der Waals surface area contributed by atoms with Crippen molar-refractivity contribution in [3.8, 4) is 0 Å². The van der Waals surface area contributed by atoms with E-state index in [1.807, 2.05) is 20.8 Å². The van der Waals surface area contributed by atoms with Crippen LogP contribution in [0.3, 0.4) is 0 Å². The number of carbonyl (C=O) groups excluding carboxylic acids is 1. The van der Waals surface area contributed by atoms with Crippen molar-refractivity contribution in [1.82, 2.24) is 20.2 Å². The Morgan fingerprint density at radius 1 is 1.43 bits per heavy atom. The number of nitrogens with zero attached hydrogens (tertiary/aromatic N) is 2. The number of fused-ring (bicyclic) bond motifs is 1. The van der Waals surface area contributed by atoms with Crippen LogP contribution >= 0.6 is 0 Å². The van der Waals surface area contributed by atoms with E-state index in [-0.39, 0.29) is 11.4 Å². The summed E-state index contributed by atoms with van der Waals surface area (Å²) in [5.74, 6) is 1.59. The molecule has 0 fully saturated rings. The zero-order chi connectivity index (χ0) is 15.6. The molecule has 21 heavy (non-hydrogen) atoms. The SMILES string of the molecule is CC(C)c1nc2c(n1CCC(=O)NC(C)(C)C)CCNC2. The molecule has 0 aliphatic carbocycles. The van der Waals surface area contributed by atoms with Gasteiger partial charge in [0.05, 0.1) is 5.69 Å². The van der Waals surface area contributed by atoms with Crippen LogP contribution in [0.5, 0.6) is 0 Å². The highest BCUT2D eigenvalue weighted by atomic mass is 16.1. The molecule has 1 aliphatic rings. The highest BCUT2D eigenvalue weighted by Gasteiger charge is 2.22. The van der Waals surface area contributed by atoms with Crippen LogP contribution in [0.2, 0.25) is 0 Å². The molecule has 0 bridgehead atoms. The average molecular weight is 292 g/mol. The Labute approximate surface area is 127 Å². The van der Waals surface area contributed by atoms with Gasteiger partial charge in [-0.25, -0.2) is 4.98 Å². The van der Waals surface area contributed by atoms with Crippen LogP contribution in [-0.2, 0) is 24.3 Å². The molecule has 0 aromatic carbocycles. The third-order valence-corrected chi connectivity index (χ3v) is 3.61. The molecule has 0 unspecified atom stereocenters. The molecular weight excluding hydrogens is 264 g/mol. The minimum absolute atomic E-state index is 0.105. The Hall–Kier alpha value is -1.36. The van der Waals surface area contributed by atoms with Gasteiger partial charge in [0.15, 0.2) is 0 Å². The number of carbonyl (C=O) groups is 1. The monoisotopic (exact) mass is 292 g/mol. The molecule has 5 nitrogen and oxygen atoms in total. The van der Waals surface area contributed by atoms with Gasteiger partial charge in [-0.05, 0) is 20.8 Å². The molecule has 2 heterocycles. The third kappa shape index (κ3) is 4.06. The van der Waals surface area contributed by atoms with Gasteiger partial charge in [0.25, 0.3) is 0 Å². The minimum atomic E-state index is -0.170. The summed E-state index contributed by atoms with van der Waals surface area (Å²) in [6, 6.07) is 0. The van der Waals surface area contributed by atoms with E-state index in [1.165, 1.54) is 5.69 Å². The number of hydrogen-bond donors (Lipinski definition) is 2. The van der Waals surface area contributed by atoms with Crippen molar-refractivity contribution in [2.75, 3.05) is 6.54 Å². The lowest BCUT2D eigenvalue weighted by Gasteiger charge is -2.21. The van der Waals surface area contributed by atoms with E-state index in [2.05, 4.69) is 29.0 Å². The molecule has 1 aliphatic heterocycles. The second-order valence-corrected chi connectivity index (χ2v) is 7.14. The largest absolute Gasteiger partial charge is 0.351 e. The summed E-state index contributed by atoms with van der Waals surface area (Å²) in [6.07, 6.45) is 1.50. The summed E-state index contributed by atoms with van der Waals surface area (Å²) >= 11 is 0. The van der Waals surface area contributed by atoms with E-state index >= 15 is 0 Å². The van der Waals surface area contributed by atoms with Crippen LogP contribution in [0.25, 0.3) is 0 Å². The summed E-state index contributed by atoms with van der Waals surface area (Å²) in [7, 11) is 0. The first kappa shape index (κ1) is 16.0. The highest BCUT2D eigenvalue weighted by Crippen LogP contribution is 2.22. The fourth-order valence-electron chi connectivity index (χ4n) is 2.78. The first-order valence-corrected chi connectivity index (χ1v) is 7.88. The van der Waals surface area contributed by atoms with Crippen molar-refractivity contribution in [1.29, 1.82) is 0 Å². The van der Waals surface area contributed by atoms with Crippen molar-refractivity contribution < 1.29 is 4.79 Å². The van der Waals surface area contributed by atoms with Crippen LogP contribution in [0.15, 0.2) is 0 Å². The van der Waals surface area contributed by atoms with Crippen LogP contribution < -0.4 is 10.6 Å². The van der Waals surface area contributed by atoms with E-state index in [0.29, 0.717) is 12.3 Å². The number of rotatable bonds is 4. The zero-order valence-corrected chi connectivity index (χ0v) is 13.9. The highest BCUT2D eigenvalue weighted by molar-refractivity contribution is 5.76. The summed E-state index contributed by atoms with van der Waals surface area (Å²) < 4.78 is 2.27. The number of imidazole rings is 1. The Morgan fingerprint density at radius 2 is 2.14 bits per heavy atom. The van der Waals surface area contributed by atoms with Crippen LogP contribution in [0, 0.1) is 0 Å². The first-order valence-electron chi connectivity index (χ1n) is 7.88. The van der Waals surface area contributed by atoms with Gasteiger partial charge in [-0.3, -0.25) is 4.79 Å². The Kier molecular flexibility index (Phi) is 4.71. The Balaban J connectivity index is 2.12. The molecule has 0 saturated heterocycles. The van der Waals surface area contributed by atoms with E-state index in [9.17, 15) is 4.79 Å². The predicted octanol–water partition coefficient (Wildman–Crippen LogP) is 1.96. The van der Waals surface area contributed by atoms with Gasteiger partial charge < -0.3 is 15.2 Å². The number of hydrogen-bond acceptors (Lipinski definition) is 3. The Bertz CT molecular complexity index is 511. The first-order chi connectivity index (χ1) is 9.78. The lowest BCUT2D eigenvalue weighted by atomic mass is 10.1. The third-order valence-electron chi connectivity index (χ3n) is 3.61. The molecule has 2 rings (SSSR count). The van der Waals surface area contributed by atoms with Gasteiger partial charge in [0.2, 0.25) is 5.91 Å². The number of amides is 1. The molecule has 0 spiro atoms. The maximum Gasteiger partial charge on any atom is 0.222 e. The van der Waals surface area contributed by atoms with Crippen molar-refractivity contribution >= 4 is 5.91 Å². The average Bonchev–Trinajstić information content (AvgIpc) is 2.73. The lowest BCUT2D eigenvalue weighted by molar-refractivity contribution is -0.122. The van der Waals surface area contributed by atoms with Crippen LogP contribution in [0.1, 0.15) is 64.2 Å². The van der Waals surface area contributed by atoms with Gasteiger partial charge in [-0.1, -0.05) is 13.8 Å². The molecule has 0 radical (unpaired) electrons. The zero-order valence-electron chi connectivity index (χ0n) is 13.9. The summed E-state index contributed by atoms with van der Waals surface area (Å²) in [5.41, 5.74) is 2.29. The standard InChI is InChI=1S/C16H28N4O/c1-11(2)15-18-12-10-17-8-6-13(12)20(15)9-7-14(21)19-16(3,4)5/h11,17H,6-10H2,1-5H3,(H,19,21). The maximum atomic E-state index is 12.0. The topological polar surface area (TPSA) is 59.0 Å². The molecule has 1 aromatic rings. The lowest BCUT2D eigenvalue weighted by Crippen LogP contribution is -2.41. The van der Waals surface area contributed by atoms with Gasteiger partial charge in [-0.15, -0.1) is 0 Å². The molecule has 118 valence electrons. The van der Waals surface area contributed by atoms with Crippen molar-refractivity contribution in [3.63, 3.8) is 0 Å². The maximum absolute atomic E-state index is 12.0. The van der Waals surface area contributed by atoms with E-state index in [1.54, 1.807) is 0 Å². The molecule has 1 amide bonds. The number of aromatic nitrogens is 2. The van der Waals surface area contributed by atoms with Gasteiger partial charge in [0, 0.05) is 49.6 Å². The van der Waals surface area contributed by atoms with Crippen LogP contribution in [0.4, 0.5) is 0 Å². The van der Waals surface area contributed by atoms with E-state index in [4.69, 9.17) is 4.98 Å². The molecule has 2 N–H and O–H groups in total. The molecule has 0 saturated carbocycles. The fraction of sp³-hybridized carbons (Fsp3) is 0.750. The summed E-state index contributed by atoms with van der Waals surface area (Å²) in [4.78, 5) is 16.8. The molecular formula is C16H28N4O. The number of nitrogens with one attached hydrogen (secondary N) is 2. The van der Waals surface area contributed by atoms with Crippen molar-refractivity contribution in [2.24, 2.45) is 0 Å². The fourth-order valence-corrected chi connectivity index (χ4v) is 2.78. The van der Waals surface area contributed by atoms with E-state index < -0.39 is 0 Å². The predicted molar refractivity (Wildman–Crippen MR) is 84.2 cm³/mol. The quantitative estimate of drug-likeness (QED) is 0.892. The second kappa shape index (κ2) is 6.18. The van der Waals surface area contributed by atoms with E-state index in [0.717, 1.165) is 37.6 Å². The molecule has 1 aromatic heterocycles. The molecule has 0 atom stereocenters. The Morgan fingerprint density at radius 3 is 2.76 bits per heavy atom.